The topological polar surface area (TPSA) is 91.2 Å². The van der Waals surface area contributed by atoms with Crippen LogP contribution in [-0.2, 0) is 9.53 Å². The maximum absolute atomic E-state index is 11.9. The molecule has 0 saturated heterocycles. The first-order valence-corrected chi connectivity index (χ1v) is 7.94. The van der Waals surface area contributed by atoms with Gasteiger partial charge in [0.1, 0.15) is 6.07 Å². The molecule has 0 aromatic heterocycles. The van der Waals surface area contributed by atoms with Gasteiger partial charge in [0.05, 0.1) is 32.9 Å². The van der Waals surface area contributed by atoms with Crippen molar-refractivity contribution in [3.8, 4) is 6.07 Å². The van der Waals surface area contributed by atoms with Crippen molar-refractivity contribution in [3.05, 3.63) is 38.5 Å². The van der Waals surface area contributed by atoms with Crippen molar-refractivity contribution in [2.45, 2.75) is 13.3 Å². The van der Waals surface area contributed by atoms with Crippen molar-refractivity contribution in [1.82, 2.24) is 5.32 Å². The Hall–Kier alpha value is -1.94. The third-order valence-electron chi connectivity index (χ3n) is 2.76. The molecule has 0 aliphatic carbocycles. The van der Waals surface area contributed by atoms with Crippen LogP contribution in [0.5, 0.6) is 0 Å². The van der Waals surface area contributed by atoms with Crippen LogP contribution >= 0.6 is 34.8 Å². The summed E-state index contributed by atoms with van der Waals surface area (Å²) in [4.78, 5) is 23.6. The summed E-state index contributed by atoms with van der Waals surface area (Å²) in [6.45, 7) is 2.03. The van der Waals surface area contributed by atoms with E-state index in [1.54, 1.807) is 6.07 Å². The third kappa shape index (κ3) is 4.78. The second-order valence-corrected chi connectivity index (χ2v) is 5.60. The Morgan fingerprint density at radius 1 is 1.33 bits per heavy atom. The zero-order chi connectivity index (χ0) is 18.3. The van der Waals surface area contributed by atoms with Gasteiger partial charge in [-0.3, -0.25) is 4.79 Å². The number of ether oxygens (including phenoxy) is 1. The van der Waals surface area contributed by atoms with Crippen LogP contribution in [0.25, 0.3) is 0 Å². The summed E-state index contributed by atoms with van der Waals surface area (Å²) in [6, 6.07) is 3.09. The van der Waals surface area contributed by atoms with Gasteiger partial charge in [0, 0.05) is 13.2 Å². The predicted molar refractivity (Wildman–Crippen MR) is 93.4 cm³/mol. The summed E-state index contributed by atoms with van der Waals surface area (Å²) < 4.78 is 4.87. The van der Waals surface area contributed by atoms with E-state index in [2.05, 4.69) is 10.6 Å². The Labute approximate surface area is 154 Å². The zero-order valence-electron chi connectivity index (χ0n) is 12.9. The minimum atomic E-state index is -0.769. The van der Waals surface area contributed by atoms with E-state index in [0.717, 1.165) is 6.20 Å². The molecule has 128 valence electrons. The summed E-state index contributed by atoms with van der Waals surface area (Å²) in [5.41, 5.74) is -0.0657. The number of amides is 1. The van der Waals surface area contributed by atoms with E-state index < -0.39 is 11.9 Å². The standard InChI is InChI=1S/C15H14Cl3N3O3/c1-3-4-24-15(23)8(6-19)7-21-10-5-9(16)12(17)11(13(10)18)14(22)20-2/h5,7,21H,3-4H2,1-2H3,(H,20,22). The maximum atomic E-state index is 11.9. The highest BCUT2D eigenvalue weighted by Crippen LogP contribution is 2.37. The smallest absolute Gasteiger partial charge is 0.350 e. The SMILES string of the molecule is CCCOC(=O)C(C#N)=CNc1cc(Cl)c(Cl)c(C(=O)NC)c1Cl. The van der Waals surface area contributed by atoms with Gasteiger partial charge in [0.25, 0.3) is 5.91 Å². The van der Waals surface area contributed by atoms with Crippen molar-refractivity contribution in [1.29, 1.82) is 5.26 Å². The Kier molecular flexibility index (Phi) is 7.86. The van der Waals surface area contributed by atoms with Crippen molar-refractivity contribution in [3.63, 3.8) is 0 Å². The Morgan fingerprint density at radius 2 is 2.00 bits per heavy atom. The van der Waals surface area contributed by atoms with E-state index in [1.807, 2.05) is 6.92 Å². The van der Waals surface area contributed by atoms with Crippen LogP contribution in [0, 0.1) is 11.3 Å². The lowest BCUT2D eigenvalue weighted by Gasteiger charge is -2.12. The van der Waals surface area contributed by atoms with E-state index in [-0.39, 0.29) is 38.5 Å². The lowest BCUT2D eigenvalue weighted by Crippen LogP contribution is -2.19. The molecule has 2 N–H and O–H groups in total. The highest BCUT2D eigenvalue weighted by Gasteiger charge is 2.20. The largest absolute Gasteiger partial charge is 0.462 e. The molecule has 0 aliphatic heterocycles. The number of halogens is 3. The number of nitrogens with zero attached hydrogens (tertiary/aromatic N) is 1. The van der Waals surface area contributed by atoms with Crippen LogP contribution < -0.4 is 10.6 Å². The van der Waals surface area contributed by atoms with Crippen LogP contribution in [0.4, 0.5) is 5.69 Å². The number of hydrogen-bond acceptors (Lipinski definition) is 5. The molecule has 0 fully saturated rings. The monoisotopic (exact) mass is 389 g/mol. The molecule has 0 heterocycles. The molecule has 1 amide bonds. The fourth-order valence-corrected chi connectivity index (χ4v) is 2.37. The van der Waals surface area contributed by atoms with Gasteiger partial charge in [-0.25, -0.2) is 4.79 Å². The first-order valence-electron chi connectivity index (χ1n) is 6.80. The summed E-state index contributed by atoms with van der Waals surface area (Å²) in [7, 11) is 1.42. The highest BCUT2D eigenvalue weighted by molar-refractivity contribution is 6.47. The molecule has 0 spiro atoms. The fourth-order valence-electron chi connectivity index (χ4n) is 1.59. The lowest BCUT2D eigenvalue weighted by atomic mass is 10.1. The predicted octanol–water partition coefficient (Wildman–Crippen LogP) is 3.78. The van der Waals surface area contributed by atoms with Crippen LogP contribution in [0.1, 0.15) is 23.7 Å². The number of benzene rings is 1. The number of hydrogen-bond donors (Lipinski definition) is 2. The second kappa shape index (κ2) is 9.38. The molecular weight excluding hydrogens is 377 g/mol. The average Bonchev–Trinajstić information content (AvgIpc) is 2.57. The summed E-state index contributed by atoms with van der Waals surface area (Å²) in [5.74, 6) is -1.29. The Balaban J connectivity index is 3.18. The van der Waals surface area contributed by atoms with Gasteiger partial charge >= 0.3 is 5.97 Å². The van der Waals surface area contributed by atoms with Crippen molar-refractivity contribution in [2.75, 3.05) is 19.0 Å². The molecule has 0 atom stereocenters. The Morgan fingerprint density at radius 3 is 2.54 bits per heavy atom. The van der Waals surface area contributed by atoms with E-state index >= 15 is 0 Å². The van der Waals surface area contributed by atoms with Gasteiger partial charge in [-0.2, -0.15) is 5.26 Å². The average molecular weight is 391 g/mol. The minimum Gasteiger partial charge on any atom is -0.462 e. The van der Waals surface area contributed by atoms with Crippen molar-refractivity contribution in [2.24, 2.45) is 0 Å². The number of nitriles is 1. The van der Waals surface area contributed by atoms with Crippen molar-refractivity contribution >= 4 is 52.4 Å². The van der Waals surface area contributed by atoms with Gasteiger partial charge in [-0.05, 0) is 12.5 Å². The molecule has 1 rings (SSSR count). The first-order chi connectivity index (χ1) is 11.4. The maximum Gasteiger partial charge on any atom is 0.350 e. The molecule has 24 heavy (non-hydrogen) atoms. The van der Waals surface area contributed by atoms with Gasteiger partial charge < -0.3 is 15.4 Å². The lowest BCUT2D eigenvalue weighted by molar-refractivity contribution is -0.138. The van der Waals surface area contributed by atoms with E-state index in [9.17, 15) is 9.59 Å². The van der Waals surface area contributed by atoms with Crippen LogP contribution in [0.2, 0.25) is 15.1 Å². The number of esters is 1. The highest BCUT2D eigenvalue weighted by atomic mass is 35.5. The van der Waals surface area contributed by atoms with Gasteiger partial charge in [-0.1, -0.05) is 41.7 Å². The van der Waals surface area contributed by atoms with Gasteiger partial charge in [-0.15, -0.1) is 0 Å². The third-order valence-corrected chi connectivity index (χ3v) is 3.94. The molecule has 0 unspecified atom stereocenters. The van der Waals surface area contributed by atoms with Gasteiger partial charge in [0.2, 0.25) is 0 Å². The minimum absolute atomic E-state index is 0.000727. The van der Waals surface area contributed by atoms with Crippen LogP contribution in [0.3, 0.4) is 0 Å². The normalized spacial score (nSPS) is 10.8. The molecule has 1 aromatic carbocycles. The number of carbonyl (C=O) groups is 2. The Bertz CT molecular complexity index is 727. The number of carbonyl (C=O) groups excluding carboxylic acids is 2. The molecule has 0 bridgehead atoms. The fraction of sp³-hybridized carbons (Fsp3) is 0.267. The molecule has 1 aromatic rings. The summed E-state index contributed by atoms with van der Waals surface area (Å²) >= 11 is 18.1. The zero-order valence-corrected chi connectivity index (χ0v) is 15.1. The van der Waals surface area contributed by atoms with E-state index in [1.165, 1.54) is 13.1 Å². The molecule has 0 aliphatic rings. The first kappa shape index (κ1) is 20.1. The molecule has 0 saturated carbocycles. The van der Waals surface area contributed by atoms with Gasteiger partial charge in [0.15, 0.2) is 5.57 Å². The molecule has 0 radical (unpaired) electrons. The number of rotatable bonds is 6. The van der Waals surface area contributed by atoms with E-state index in [4.69, 9.17) is 44.8 Å². The van der Waals surface area contributed by atoms with Crippen molar-refractivity contribution < 1.29 is 14.3 Å². The second-order valence-electron chi connectivity index (χ2n) is 4.44. The quantitative estimate of drug-likeness (QED) is 0.334. The molecule has 6 nitrogen and oxygen atoms in total. The van der Waals surface area contributed by atoms with E-state index in [0.29, 0.717) is 6.42 Å². The number of nitrogens with one attached hydrogen (secondary N) is 2. The summed E-state index contributed by atoms with van der Waals surface area (Å²) in [6.07, 6.45) is 1.75. The van der Waals surface area contributed by atoms with Crippen LogP contribution in [0.15, 0.2) is 17.8 Å². The molecule has 9 heteroatoms. The number of anilines is 1. The van der Waals surface area contributed by atoms with Crippen LogP contribution in [-0.4, -0.2) is 25.5 Å². The summed E-state index contributed by atoms with van der Waals surface area (Å²) in [5, 5.41) is 14.2. The molecular formula is C15H14Cl3N3O3.